The topological polar surface area (TPSA) is 81.2 Å². The lowest BCUT2D eigenvalue weighted by molar-refractivity contribution is -0.145. The van der Waals surface area contributed by atoms with Crippen LogP contribution >= 0.6 is 23.1 Å². The third kappa shape index (κ3) is 5.53. The average Bonchev–Trinajstić information content (AvgIpc) is 3.18. The predicted octanol–water partition coefficient (Wildman–Crippen LogP) is 2.69. The lowest BCUT2D eigenvalue weighted by atomic mass is 10.3. The number of nitrogens with zero attached hydrogens (tertiary/aromatic N) is 2. The Hall–Kier alpha value is -2.45. The molecule has 0 saturated heterocycles. The first-order valence-electron chi connectivity index (χ1n) is 8.00. The third-order valence-electron chi connectivity index (χ3n) is 3.40. The molecule has 0 atom stereocenters. The second-order valence-electron chi connectivity index (χ2n) is 5.33. The Labute approximate surface area is 159 Å². The van der Waals surface area contributed by atoms with Gasteiger partial charge in [-0.15, -0.1) is 11.3 Å². The van der Waals surface area contributed by atoms with Crippen molar-refractivity contribution in [2.75, 3.05) is 18.9 Å². The van der Waals surface area contributed by atoms with Gasteiger partial charge >= 0.3 is 5.97 Å². The first-order valence-corrected chi connectivity index (χ1v) is 9.86. The number of hydrogen-bond acceptors (Lipinski definition) is 7. The van der Waals surface area contributed by atoms with Crippen LogP contribution in [0, 0.1) is 0 Å². The van der Waals surface area contributed by atoms with Crippen molar-refractivity contribution in [3.8, 4) is 0 Å². The number of esters is 1. The maximum Gasteiger partial charge on any atom is 0.316 e. The predicted molar refractivity (Wildman–Crippen MR) is 102 cm³/mol. The van der Waals surface area contributed by atoms with Crippen LogP contribution in [0.1, 0.15) is 4.88 Å². The lowest BCUT2D eigenvalue weighted by Gasteiger charge is -2.06. The summed E-state index contributed by atoms with van der Waals surface area (Å²) in [6.07, 6.45) is 2.39. The van der Waals surface area contributed by atoms with E-state index in [4.69, 9.17) is 4.74 Å². The van der Waals surface area contributed by atoms with E-state index in [1.807, 2.05) is 41.8 Å². The fraction of sp³-hybridized carbons (Fsp3) is 0.222. The van der Waals surface area contributed by atoms with Gasteiger partial charge in [0.15, 0.2) is 6.61 Å². The van der Waals surface area contributed by atoms with Crippen LogP contribution in [-0.4, -0.2) is 40.7 Å². The van der Waals surface area contributed by atoms with Gasteiger partial charge in [0.05, 0.1) is 23.0 Å². The number of thiophene rings is 1. The zero-order chi connectivity index (χ0) is 18.2. The van der Waals surface area contributed by atoms with Gasteiger partial charge in [0, 0.05) is 11.4 Å². The Kier molecular flexibility index (Phi) is 6.56. The first-order chi connectivity index (χ1) is 12.7. The number of rotatable bonds is 8. The summed E-state index contributed by atoms with van der Waals surface area (Å²) in [7, 11) is 0. The molecule has 0 bridgehead atoms. The fourth-order valence-electron chi connectivity index (χ4n) is 2.16. The van der Waals surface area contributed by atoms with Gasteiger partial charge in [-0.2, -0.15) is 0 Å². The Bertz CT molecular complexity index is 884. The average molecular weight is 387 g/mol. The number of para-hydroxylation sites is 2. The highest BCUT2D eigenvalue weighted by Gasteiger charge is 2.09. The minimum Gasteiger partial charge on any atom is -0.455 e. The van der Waals surface area contributed by atoms with Crippen molar-refractivity contribution in [2.45, 2.75) is 11.4 Å². The van der Waals surface area contributed by atoms with E-state index in [9.17, 15) is 9.59 Å². The van der Waals surface area contributed by atoms with Crippen LogP contribution in [0.2, 0.25) is 0 Å². The molecule has 3 rings (SSSR count). The summed E-state index contributed by atoms with van der Waals surface area (Å²) in [6, 6.07) is 11.5. The van der Waals surface area contributed by atoms with Crippen LogP contribution in [-0.2, 0) is 20.7 Å². The van der Waals surface area contributed by atoms with Crippen LogP contribution < -0.4 is 5.32 Å². The molecule has 0 fully saturated rings. The van der Waals surface area contributed by atoms with Crippen LogP contribution in [0.3, 0.4) is 0 Å². The van der Waals surface area contributed by atoms with E-state index in [1.165, 1.54) is 16.6 Å². The standard InChI is InChI=1S/C18H17N3O3S2/c22-16(19-8-7-13-4-3-9-25-13)11-24-18(23)12-26-17-10-20-14-5-1-2-6-15(14)21-17/h1-6,9-10H,7-8,11-12H2,(H,19,22). The van der Waals surface area contributed by atoms with Crippen LogP contribution in [0.4, 0.5) is 0 Å². The van der Waals surface area contributed by atoms with Crippen molar-refractivity contribution < 1.29 is 14.3 Å². The van der Waals surface area contributed by atoms with E-state index in [-0.39, 0.29) is 18.3 Å². The molecule has 0 saturated carbocycles. The number of amides is 1. The van der Waals surface area contributed by atoms with E-state index >= 15 is 0 Å². The van der Waals surface area contributed by atoms with Gasteiger partial charge in [-0.25, -0.2) is 4.98 Å². The molecule has 6 nitrogen and oxygen atoms in total. The number of thioether (sulfide) groups is 1. The van der Waals surface area contributed by atoms with Crippen molar-refractivity contribution in [3.63, 3.8) is 0 Å². The van der Waals surface area contributed by atoms with Crippen LogP contribution in [0.25, 0.3) is 11.0 Å². The number of aromatic nitrogens is 2. The van der Waals surface area contributed by atoms with Crippen LogP contribution in [0.15, 0.2) is 53.0 Å². The molecular weight excluding hydrogens is 370 g/mol. The van der Waals surface area contributed by atoms with Gasteiger partial charge in [0.25, 0.3) is 5.91 Å². The monoisotopic (exact) mass is 387 g/mol. The molecule has 0 radical (unpaired) electrons. The summed E-state index contributed by atoms with van der Waals surface area (Å²) < 4.78 is 4.98. The van der Waals surface area contributed by atoms with Crippen molar-refractivity contribution >= 4 is 46.0 Å². The van der Waals surface area contributed by atoms with Gasteiger partial charge < -0.3 is 10.1 Å². The molecule has 1 N–H and O–H groups in total. The number of fused-ring (bicyclic) bond motifs is 1. The van der Waals surface area contributed by atoms with E-state index in [0.717, 1.165) is 17.5 Å². The van der Waals surface area contributed by atoms with E-state index in [0.29, 0.717) is 11.6 Å². The Balaban J connectivity index is 1.36. The number of hydrogen-bond donors (Lipinski definition) is 1. The maximum absolute atomic E-state index is 11.8. The molecule has 134 valence electrons. The fourth-order valence-corrected chi connectivity index (χ4v) is 3.51. The highest BCUT2D eigenvalue weighted by atomic mass is 32.2. The SMILES string of the molecule is O=C(COC(=O)CSc1cnc2ccccc2n1)NCCc1cccs1. The number of carbonyl (C=O) groups is 2. The number of benzene rings is 1. The smallest absolute Gasteiger partial charge is 0.316 e. The Morgan fingerprint density at radius 1 is 1.15 bits per heavy atom. The second kappa shape index (κ2) is 9.30. The number of nitrogens with one attached hydrogen (secondary N) is 1. The summed E-state index contributed by atoms with van der Waals surface area (Å²) in [5.74, 6) is -0.682. The summed E-state index contributed by atoms with van der Waals surface area (Å²) in [5.41, 5.74) is 1.58. The molecule has 0 unspecified atom stereocenters. The summed E-state index contributed by atoms with van der Waals surface area (Å²) in [4.78, 5) is 33.4. The third-order valence-corrected chi connectivity index (χ3v) is 5.21. The molecule has 0 spiro atoms. The molecule has 2 heterocycles. The Morgan fingerprint density at radius 3 is 2.81 bits per heavy atom. The molecule has 2 aromatic heterocycles. The normalized spacial score (nSPS) is 10.6. The molecule has 1 amide bonds. The number of ether oxygens (including phenoxy) is 1. The van der Waals surface area contributed by atoms with E-state index < -0.39 is 5.97 Å². The molecular formula is C18H17N3O3S2. The molecule has 8 heteroatoms. The van der Waals surface area contributed by atoms with Crippen LogP contribution in [0.5, 0.6) is 0 Å². The molecule has 3 aromatic rings. The molecule has 0 aliphatic rings. The van der Waals surface area contributed by atoms with E-state index in [2.05, 4.69) is 15.3 Å². The van der Waals surface area contributed by atoms with Gasteiger partial charge in [-0.05, 0) is 30.0 Å². The van der Waals surface area contributed by atoms with Gasteiger partial charge in [0.1, 0.15) is 5.03 Å². The molecule has 0 aliphatic heterocycles. The van der Waals surface area contributed by atoms with Crippen molar-refractivity contribution in [1.29, 1.82) is 0 Å². The zero-order valence-electron chi connectivity index (χ0n) is 13.9. The van der Waals surface area contributed by atoms with Gasteiger partial charge in [-0.3, -0.25) is 14.6 Å². The summed E-state index contributed by atoms with van der Waals surface area (Å²) >= 11 is 2.88. The maximum atomic E-state index is 11.8. The molecule has 26 heavy (non-hydrogen) atoms. The highest BCUT2D eigenvalue weighted by molar-refractivity contribution is 7.99. The molecule has 0 aliphatic carbocycles. The lowest BCUT2D eigenvalue weighted by Crippen LogP contribution is -2.30. The highest BCUT2D eigenvalue weighted by Crippen LogP contribution is 2.17. The van der Waals surface area contributed by atoms with Crippen molar-refractivity contribution in [2.24, 2.45) is 0 Å². The minimum atomic E-state index is -0.460. The largest absolute Gasteiger partial charge is 0.455 e. The second-order valence-corrected chi connectivity index (χ2v) is 7.35. The quantitative estimate of drug-likeness (QED) is 0.473. The molecule has 1 aromatic carbocycles. The van der Waals surface area contributed by atoms with E-state index in [1.54, 1.807) is 17.5 Å². The van der Waals surface area contributed by atoms with Crippen molar-refractivity contribution in [3.05, 3.63) is 52.9 Å². The Morgan fingerprint density at radius 2 is 2.00 bits per heavy atom. The summed E-state index contributed by atoms with van der Waals surface area (Å²) in [5, 5.41) is 5.37. The minimum absolute atomic E-state index is 0.0789. The van der Waals surface area contributed by atoms with Gasteiger partial charge in [-0.1, -0.05) is 30.0 Å². The summed E-state index contributed by atoms with van der Waals surface area (Å²) in [6.45, 7) is 0.256. The van der Waals surface area contributed by atoms with Crippen molar-refractivity contribution in [1.82, 2.24) is 15.3 Å². The zero-order valence-corrected chi connectivity index (χ0v) is 15.5. The van der Waals surface area contributed by atoms with Gasteiger partial charge in [0.2, 0.25) is 0 Å². The first kappa shape index (κ1) is 18.3. The number of carbonyl (C=O) groups excluding carboxylic acids is 2.